The van der Waals surface area contributed by atoms with Gasteiger partial charge in [0.25, 0.3) is 0 Å². The summed E-state index contributed by atoms with van der Waals surface area (Å²) < 4.78 is 10.8. The molecule has 0 aromatic heterocycles. The van der Waals surface area contributed by atoms with Gasteiger partial charge in [-0.1, -0.05) is 62.7 Å². The lowest BCUT2D eigenvalue weighted by Crippen LogP contribution is -2.16. The smallest absolute Gasteiger partial charge is 0.426 e. The molecule has 0 radical (unpaired) electrons. The SMILES string of the molecule is CCCC(OC(=O)Oc1ccccc1)c1ccccc1CC. The Bertz CT molecular complexity index is 593. The summed E-state index contributed by atoms with van der Waals surface area (Å²) in [5.41, 5.74) is 2.27. The van der Waals surface area contributed by atoms with Crippen molar-refractivity contribution in [3.8, 4) is 5.75 Å². The molecule has 22 heavy (non-hydrogen) atoms. The van der Waals surface area contributed by atoms with Crippen molar-refractivity contribution in [3.63, 3.8) is 0 Å². The molecule has 2 rings (SSSR count). The van der Waals surface area contributed by atoms with Crippen LogP contribution < -0.4 is 4.74 Å². The Balaban J connectivity index is 2.10. The van der Waals surface area contributed by atoms with Gasteiger partial charge >= 0.3 is 6.16 Å². The minimum Gasteiger partial charge on any atom is -0.426 e. The van der Waals surface area contributed by atoms with Gasteiger partial charge in [-0.15, -0.1) is 0 Å². The molecule has 0 aliphatic rings. The van der Waals surface area contributed by atoms with E-state index in [1.165, 1.54) is 5.56 Å². The Kier molecular flexibility index (Phi) is 6.01. The molecule has 0 saturated carbocycles. The highest BCUT2D eigenvalue weighted by Crippen LogP contribution is 2.27. The lowest BCUT2D eigenvalue weighted by Gasteiger charge is -2.20. The minimum atomic E-state index is -0.657. The van der Waals surface area contributed by atoms with E-state index in [0.717, 1.165) is 24.8 Å². The van der Waals surface area contributed by atoms with Crippen LogP contribution in [0, 0.1) is 0 Å². The van der Waals surface area contributed by atoms with Crippen molar-refractivity contribution in [1.82, 2.24) is 0 Å². The van der Waals surface area contributed by atoms with Gasteiger partial charge in [0.15, 0.2) is 0 Å². The van der Waals surface area contributed by atoms with Crippen molar-refractivity contribution in [2.75, 3.05) is 0 Å². The summed E-state index contributed by atoms with van der Waals surface area (Å²) in [6.07, 6.45) is 1.70. The van der Waals surface area contributed by atoms with E-state index in [1.54, 1.807) is 12.1 Å². The third kappa shape index (κ3) is 4.35. The van der Waals surface area contributed by atoms with E-state index in [0.29, 0.717) is 5.75 Å². The van der Waals surface area contributed by atoms with Crippen molar-refractivity contribution in [2.45, 2.75) is 39.2 Å². The third-order valence-corrected chi connectivity index (χ3v) is 3.52. The van der Waals surface area contributed by atoms with Gasteiger partial charge in [0.2, 0.25) is 0 Å². The van der Waals surface area contributed by atoms with E-state index in [2.05, 4.69) is 19.9 Å². The van der Waals surface area contributed by atoms with Crippen LogP contribution in [0.1, 0.15) is 43.9 Å². The van der Waals surface area contributed by atoms with E-state index in [4.69, 9.17) is 9.47 Å². The molecule has 1 unspecified atom stereocenters. The standard InChI is InChI=1S/C19H22O3/c1-3-10-18(17-14-9-8-11-15(17)4-2)22-19(20)21-16-12-6-5-7-13-16/h5-9,11-14,18H,3-4,10H2,1-2H3. The minimum absolute atomic E-state index is 0.266. The van der Waals surface area contributed by atoms with Crippen LogP contribution in [-0.2, 0) is 11.2 Å². The molecule has 0 fully saturated rings. The van der Waals surface area contributed by atoms with Crippen LogP contribution in [0.4, 0.5) is 4.79 Å². The Labute approximate surface area is 131 Å². The number of carbonyl (C=O) groups is 1. The molecule has 0 saturated heterocycles. The number of para-hydroxylation sites is 1. The summed E-state index contributed by atoms with van der Waals surface area (Å²) in [4.78, 5) is 12.0. The molecule has 0 heterocycles. The number of ether oxygens (including phenoxy) is 2. The molecule has 0 aliphatic heterocycles. The number of benzene rings is 2. The van der Waals surface area contributed by atoms with Crippen LogP contribution in [0.3, 0.4) is 0 Å². The quantitative estimate of drug-likeness (QED) is 0.536. The monoisotopic (exact) mass is 298 g/mol. The van der Waals surface area contributed by atoms with Crippen LogP contribution in [0.25, 0.3) is 0 Å². The Morgan fingerprint density at radius 3 is 2.36 bits per heavy atom. The molecule has 116 valence electrons. The lowest BCUT2D eigenvalue weighted by molar-refractivity contribution is 0.0533. The second kappa shape index (κ2) is 8.23. The summed E-state index contributed by atoms with van der Waals surface area (Å²) >= 11 is 0. The maximum absolute atomic E-state index is 12.0. The normalized spacial score (nSPS) is 11.7. The van der Waals surface area contributed by atoms with E-state index < -0.39 is 6.16 Å². The van der Waals surface area contributed by atoms with Gasteiger partial charge < -0.3 is 9.47 Å². The zero-order valence-corrected chi connectivity index (χ0v) is 13.1. The summed E-state index contributed by atoms with van der Waals surface area (Å²) in [7, 11) is 0. The van der Waals surface area contributed by atoms with Gasteiger partial charge in [-0.2, -0.15) is 0 Å². The lowest BCUT2D eigenvalue weighted by atomic mass is 9.98. The molecule has 0 aliphatic carbocycles. The first-order valence-corrected chi connectivity index (χ1v) is 7.75. The molecule has 0 bridgehead atoms. The Hall–Kier alpha value is -2.29. The van der Waals surface area contributed by atoms with Gasteiger partial charge in [-0.25, -0.2) is 4.79 Å². The second-order valence-corrected chi connectivity index (χ2v) is 5.11. The topological polar surface area (TPSA) is 35.5 Å². The van der Waals surface area contributed by atoms with Gasteiger partial charge in [0.1, 0.15) is 11.9 Å². The summed E-state index contributed by atoms with van der Waals surface area (Å²) in [5.74, 6) is 0.492. The molecule has 2 aromatic rings. The number of carbonyl (C=O) groups excluding carboxylic acids is 1. The average Bonchev–Trinajstić information content (AvgIpc) is 2.55. The molecule has 3 heteroatoms. The molecule has 3 nitrogen and oxygen atoms in total. The van der Waals surface area contributed by atoms with E-state index >= 15 is 0 Å². The summed E-state index contributed by atoms with van der Waals surface area (Å²) in [5, 5.41) is 0. The molecular weight excluding hydrogens is 276 g/mol. The van der Waals surface area contributed by atoms with Crippen molar-refractivity contribution in [2.24, 2.45) is 0 Å². The summed E-state index contributed by atoms with van der Waals surface area (Å²) in [6.45, 7) is 4.18. The van der Waals surface area contributed by atoms with Crippen LogP contribution in [-0.4, -0.2) is 6.16 Å². The van der Waals surface area contributed by atoms with Gasteiger partial charge in [-0.3, -0.25) is 0 Å². The van der Waals surface area contributed by atoms with E-state index in [9.17, 15) is 4.79 Å². The van der Waals surface area contributed by atoms with Crippen LogP contribution in [0.2, 0.25) is 0 Å². The van der Waals surface area contributed by atoms with Crippen LogP contribution in [0.15, 0.2) is 54.6 Å². The number of aryl methyl sites for hydroxylation is 1. The zero-order chi connectivity index (χ0) is 15.8. The molecule has 1 atom stereocenters. The molecular formula is C19H22O3. The highest BCUT2D eigenvalue weighted by Gasteiger charge is 2.19. The highest BCUT2D eigenvalue weighted by molar-refractivity contribution is 5.64. The number of hydrogen-bond donors (Lipinski definition) is 0. The van der Waals surface area contributed by atoms with E-state index in [1.807, 2.05) is 36.4 Å². The van der Waals surface area contributed by atoms with Crippen molar-refractivity contribution in [1.29, 1.82) is 0 Å². The second-order valence-electron chi connectivity index (χ2n) is 5.11. The van der Waals surface area contributed by atoms with Crippen molar-refractivity contribution < 1.29 is 14.3 Å². The van der Waals surface area contributed by atoms with E-state index in [-0.39, 0.29) is 6.10 Å². The molecule has 0 spiro atoms. The zero-order valence-electron chi connectivity index (χ0n) is 13.1. The largest absolute Gasteiger partial charge is 0.514 e. The fraction of sp³-hybridized carbons (Fsp3) is 0.316. The number of rotatable bonds is 6. The highest BCUT2D eigenvalue weighted by atomic mass is 16.7. The maximum Gasteiger partial charge on any atom is 0.514 e. The third-order valence-electron chi connectivity index (χ3n) is 3.52. The first-order valence-electron chi connectivity index (χ1n) is 7.75. The number of hydrogen-bond acceptors (Lipinski definition) is 3. The molecule has 0 amide bonds. The first-order chi connectivity index (χ1) is 10.7. The Morgan fingerprint density at radius 2 is 1.68 bits per heavy atom. The van der Waals surface area contributed by atoms with Crippen LogP contribution >= 0.6 is 0 Å². The van der Waals surface area contributed by atoms with Gasteiger partial charge in [0, 0.05) is 0 Å². The first kappa shape index (κ1) is 16.1. The van der Waals surface area contributed by atoms with Crippen molar-refractivity contribution in [3.05, 3.63) is 65.7 Å². The van der Waals surface area contributed by atoms with Crippen molar-refractivity contribution >= 4 is 6.16 Å². The average molecular weight is 298 g/mol. The van der Waals surface area contributed by atoms with Crippen LogP contribution in [0.5, 0.6) is 5.75 Å². The molecule has 0 N–H and O–H groups in total. The Morgan fingerprint density at radius 1 is 1.00 bits per heavy atom. The fourth-order valence-electron chi connectivity index (χ4n) is 2.44. The predicted molar refractivity (Wildman–Crippen MR) is 87.0 cm³/mol. The van der Waals surface area contributed by atoms with Gasteiger partial charge in [-0.05, 0) is 36.1 Å². The maximum atomic E-state index is 12.0. The summed E-state index contributed by atoms with van der Waals surface area (Å²) in [6, 6.07) is 17.0. The fourth-order valence-corrected chi connectivity index (χ4v) is 2.44. The predicted octanol–water partition coefficient (Wildman–Crippen LogP) is 5.31. The van der Waals surface area contributed by atoms with Gasteiger partial charge in [0.05, 0.1) is 0 Å². The molecule has 2 aromatic carbocycles.